The fourth-order valence-electron chi connectivity index (χ4n) is 1.64. The third-order valence-electron chi connectivity index (χ3n) is 2.61. The predicted molar refractivity (Wildman–Crippen MR) is 62.7 cm³/mol. The smallest absolute Gasteiger partial charge is 0.243 e. The summed E-state index contributed by atoms with van der Waals surface area (Å²) in [6, 6.07) is 0. The number of nitrogens with zero attached hydrogens (tertiary/aromatic N) is 2. The maximum atomic E-state index is 3.17. The van der Waals surface area contributed by atoms with Crippen LogP contribution in [0.2, 0.25) is 0 Å². The fraction of sp³-hybridized carbons (Fsp3) is 0.750. The van der Waals surface area contributed by atoms with Crippen molar-refractivity contribution in [2.45, 2.75) is 45.7 Å². The maximum absolute atomic E-state index is 3.17. The van der Waals surface area contributed by atoms with E-state index in [1.54, 1.807) is 0 Å². The Morgan fingerprint density at radius 2 is 2.06 bits per heavy atom. The first-order valence-electron chi connectivity index (χ1n) is 6.06. The SMILES string of the molecule is CCCCn1cc[n+](CCCCNC)c1.[Br-]. The Balaban J connectivity index is 0.00000225. The Kier molecular flexibility index (Phi) is 9.63. The van der Waals surface area contributed by atoms with E-state index >= 15 is 0 Å². The molecule has 0 fully saturated rings. The van der Waals surface area contributed by atoms with Crippen molar-refractivity contribution in [1.29, 1.82) is 0 Å². The van der Waals surface area contributed by atoms with Crippen LogP contribution in [0, 0.1) is 0 Å². The van der Waals surface area contributed by atoms with Crippen LogP contribution in [0.5, 0.6) is 0 Å². The lowest BCUT2D eigenvalue weighted by molar-refractivity contribution is -0.696. The molecule has 0 aromatic carbocycles. The van der Waals surface area contributed by atoms with E-state index in [1.165, 1.54) is 25.7 Å². The molecule has 0 spiro atoms. The molecule has 16 heavy (non-hydrogen) atoms. The number of halogens is 1. The van der Waals surface area contributed by atoms with Crippen LogP contribution in [0.3, 0.4) is 0 Å². The molecule has 1 aromatic rings. The van der Waals surface area contributed by atoms with Crippen LogP contribution in [-0.2, 0) is 13.1 Å². The van der Waals surface area contributed by atoms with Crippen molar-refractivity contribution in [1.82, 2.24) is 9.88 Å². The number of unbranched alkanes of at least 4 members (excludes halogenated alkanes) is 2. The maximum Gasteiger partial charge on any atom is 0.243 e. The number of aromatic nitrogens is 2. The summed E-state index contributed by atoms with van der Waals surface area (Å²) in [5, 5.41) is 3.17. The van der Waals surface area contributed by atoms with Gasteiger partial charge >= 0.3 is 0 Å². The highest BCUT2D eigenvalue weighted by molar-refractivity contribution is 4.65. The highest BCUT2D eigenvalue weighted by Gasteiger charge is 2.02. The summed E-state index contributed by atoms with van der Waals surface area (Å²) < 4.78 is 4.56. The van der Waals surface area contributed by atoms with Gasteiger partial charge in [-0.2, -0.15) is 0 Å². The number of imidazole rings is 1. The predicted octanol–water partition coefficient (Wildman–Crippen LogP) is -1.42. The van der Waals surface area contributed by atoms with Gasteiger partial charge in [-0.15, -0.1) is 0 Å². The summed E-state index contributed by atoms with van der Waals surface area (Å²) in [5.41, 5.74) is 0. The second-order valence-corrected chi connectivity index (χ2v) is 4.05. The summed E-state index contributed by atoms with van der Waals surface area (Å²) in [6.07, 6.45) is 11.6. The van der Waals surface area contributed by atoms with E-state index in [4.69, 9.17) is 0 Å². The number of rotatable bonds is 8. The van der Waals surface area contributed by atoms with Gasteiger partial charge in [0, 0.05) is 0 Å². The normalized spacial score (nSPS) is 10.1. The average Bonchev–Trinajstić information content (AvgIpc) is 2.69. The third-order valence-corrected chi connectivity index (χ3v) is 2.61. The Morgan fingerprint density at radius 3 is 2.75 bits per heavy atom. The van der Waals surface area contributed by atoms with Crippen LogP contribution in [0.1, 0.15) is 32.6 Å². The number of aryl methyl sites for hydroxylation is 2. The molecule has 3 nitrogen and oxygen atoms in total. The lowest BCUT2D eigenvalue weighted by atomic mass is 10.3. The van der Waals surface area contributed by atoms with Gasteiger partial charge in [-0.1, -0.05) is 13.3 Å². The van der Waals surface area contributed by atoms with Crippen molar-refractivity contribution in [3.8, 4) is 0 Å². The van der Waals surface area contributed by atoms with Crippen LogP contribution in [0.25, 0.3) is 0 Å². The van der Waals surface area contributed by atoms with Crippen LogP contribution >= 0.6 is 0 Å². The first-order chi connectivity index (χ1) is 7.36. The van der Waals surface area contributed by atoms with E-state index < -0.39 is 0 Å². The van der Waals surface area contributed by atoms with Gasteiger partial charge in [-0.25, -0.2) is 9.13 Å². The summed E-state index contributed by atoms with van der Waals surface area (Å²) in [7, 11) is 2.01. The van der Waals surface area contributed by atoms with Gasteiger partial charge in [-0.3, -0.25) is 0 Å². The van der Waals surface area contributed by atoms with Gasteiger partial charge in [0.15, 0.2) is 0 Å². The van der Waals surface area contributed by atoms with E-state index in [0.717, 1.165) is 19.6 Å². The Labute approximate surface area is 110 Å². The molecule has 0 unspecified atom stereocenters. The molecule has 0 saturated carbocycles. The van der Waals surface area contributed by atoms with E-state index in [-0.39, 0.29) is 17.0 Å². The fourth-order valence-corrected chi connectivity index (χ4v) is 1.64. The van der Waals surface area contributed by atoms with Crippen molar-refractivity contribution in [3.63, 3.8) is 0 Å². The Morgan fingerprint density at radius 1 is 1.25 bits per heavy atom. The molecule has 1 N–H and O–H groups in total. The van der Waals surface area contributed by atoms with Crippen molar-refractivity contribution in [2.24, 2.45) is 0 Å². The molecule has 0 radical (unpaired) electrons. The number of hydrogen-bond donors (Lipinski definition) is 1. The minimum absolute atomic E-state index is 0. The van der Waals surface area contributed by atoms with E-state index in [9.17, 15) is 0 Å². The van der Waals surface area contributed by atoms with Crippen molar-refractivity contribution in [3.05, 3.63) is 18.7 Å². The molecule has 0 saturated heterocycles. The molecular weight excluding hydrogens is 266 g/mol. The standard InChI is InChI=1S/C12H24N3.BrH/c1-3-4-8-14-10-11-15(12-14)9-6-5-7-13-2;/h10-13H,3-9H2,1-2H3;1H/q+1;/p-1. The van der Waals surface area contributed by atoms with Crippen LogP contribution in [0.4, 0.5) is 0 Å². The quantitative estimate of drug-likeness (QED) is 0.460. The monoisotopic (exact) mass is 289 g/mol. The van der Waals surface area contributed by atoms with E-state index in [1.807, 2.05) is 7.05 Å². The molecule has 0 bridgehead atoms. The molecule has 1 rings (SSSR count). The zero-order valence-corrected chi connectivity index (χ0v) is 12.0. The van der Waals surface area contributed by atoms with Gasteiger partial charge < -0.3 is 22.3 Å². The first kappa shape index (κ1) is 15.7. The summed E-state index contributed by atoms with van der Waals surface area (Å²) in [6.45, 7) is 5.65. The molecule has 0 aliphatic heterocycles. The molecule has 1 heterocycles. The van der Waals surface area contributed by atoms with Gasteiger partial charge in [0.05, 0.1) is 13.1 Å². The Bertz CT molecular complexity index is 261. The molecule has 0 aliphatic carbocycles. The zero-order valence-electron chi connectivity index (χ0n) is 10.5. The minimum Gasteiger partial charge on any atom is -1.00 e. The molecule has 1 aromatic heterocycles. The van der Waals surface area contributed by atoms with Gasteiger partial charge in [0.25, 0.3) is 0 Å². The second-order valence-electron chi connectivity index (χ2n) is 4.05. The Hall–Kier alpha value is -0.350. The molecule has 4 heteroatoms. The third kappa shape index (κ3) is 6.28. The second kappa shape index (κ2) is 9.85. The first-order valence-corrected chi connectivity index (χ1v) is 6.06. The van der Waals surface area contributed by atoms with Gasteiger partial charge in [0.2, 0.25) is 6.33 Å². The van der Waals surface area contributed by atoms with Gasteiger partial charge in [0.1, 0.15) is 12.4 Å². The molecular formula is C12H24BrN3. The van der Waals surface area contributed by atoms with Crippen molar-refractivity contribution < 1.29 is 21.5 Å². The number of nitrogens with one attached hydrogen (secondary N) is 1. The van der Waals surface area contributed by atoms with Crippen molar-refractivity contribution in [2.75, 3.05) is 13.6 Å². The summed E-state index contributed by atoms with van der Waals surface area (Å²) in [4.78, 5) is 0. The molecule has 0 amide bonds. The topological polar surface area (TPSA) is 20.8 Å². The number of hydrogen-bond acceptors (Lipinski definition) is 1. The van der Waals surface area contributed by atoms with Crippen LogP contribution in [0.15, 0.2) is 18.7 Å². The highest BCUT2D eigenvalue weighted by atomic mass is 79.9. The minimum atomic E-state index is 0. The van der Waals surface area contributed by atoms with Gasteiger partial charge in [-0.05, 0) is 32.9 Å². The van der Waals surface area contributed by atoms with E-state index in [2.05, 4.69) is 40.1 Å². The molecule has 0 atom stereocenters. The van der Waals surface area contributed by atoms with Crippen LogP contribution in [-0.4, -0.2) is 18.2 Å². The van der Waals surface area contributed by atoms with E-state index in [0.29, 0.717) is 0 Å². The lowest BCUT2D eigenvalue weighted by Crippen LogP contribution is -3.00. The molecule has 94 valence electrons. The highest BCUT2D eigenvalue weighted by Crippen LogP contribution is 1.94. The summed E-state index contributed by atoms with van der Waals surface area (Å²) >= 11 is 0. The average molecular weight is 290 g/mol. The lowest BCUT2D eigenvalue weighted by Gasteiger charge is -1.97. The van der Waals surface area contributed by atoms with Crippen molar-refractivity contribution >= 4 is 0 Å². The summed E-state index contributed by atoms with van der Waals surface area (Å²) in [5.74, 6) is 0. The molecule has 0 aliphatic rings. The largest absolute Gasteiger partial charge is 1.00 e. The van der Waals surface area contributed by atoms with Crippen LogP contribution < -0.4 is 26.9 Å². The zero-order chi connectivity index (χ0) is 10.9.